The number of nitrogen functional groups attached to an aromatic ring is 1. The van der Waals surface area contributed by atoms with Gasteiger partial charge in [-0.2, -0.15) is 0 Å². The van der Waals surface area contributed by atoms with Crippen LogP contribution in [0.5, 0.6) is 5.75 Å². The molecule has 0 atom stereocenters. The fourth-order valence-corrected chi connectivity index (χ4v) is 2.65. The summed E-state index contributed by atoms with van der Waals surface area (Å²) in [5, 5.41) is 0. The Morgan fingerprint density at radius 3 is 2.59 bits per heavy atom. The van der Waals surface area contributed by atoms with Gasteiger partial charge >= 0.3 is 0 Å². The normalized spacial score (nSPS) is 10.8. The van der Waals surface area contributed by atoms with Gasteiger partial charge in [-0.3, -0.25) is 0 Å². The number of thioether (sulfide) groups is 1. The van der Waals surface area contributed by atoms with E-state index in [1.54, 1.807) is 7.11 Å². The Morgan fingerprint density at radius 1 is 1.29 bits per heavy atom. The van der Waals surface area contributed by atoms with Crippen LogP contribution in [0.1, 0.15) is 13.8 Å². The number of methoxy groups -OCH3 is 1. The van der Waals surface area contributed by atoms with Gasteiger partial charge < -0.3 is 15.4 Å². The molecule has 0 saturated heterocycles. The molecule has 0 aliphatic rings. The zero-order valence-electron chi connectivity index (χ0n) is 10.9. The maximum Gasteiger partial charge on any atom is 0.134 e. The lowest BCUT2D eigenvalue weighted by molar-refractivity contribution is 0.324. The highest BCUT2D eigenvalue weighted by Gasteiger charge is 2.05. The highest BCUT2D eigenvalue weighted by molar-refractivity contribution is 7.99. The monoisotopic (exact) mass is 254 g/mol. The van der Waals surface area contributed by atoms with E-state index in [2.05, 4.69) is 18.7 Å². The number of hydrogen-bond donors (Lipinski definition) is 1. The predicted octanol–water partition coefficient (Wildman–Crippen LogP) is 2.71. The first-order valence-electron chi connectivity index (χ1n) is 5.99. The molecule has 0 radical (unpaired) electrons. The van der Waals surface area contributed by atoms with Gasteiger partial charge in [0.15, 0.2) is 0 Å². The van der Waals surface area contributed by atoms with Gasteiger partial charge in [-0.15, -0.1) is 11.8 Å². The van der Waals surface area contributed by atoms with E-state index >= 15 is 0 Å². The lowest BCUT2D eigenvalue weighted by Crippen LogP contribution is -2.25. The molecular formula is C13H22N2OS. The molecule has 0 bridgehead atoms. The van der Waals surface area contributed by atoms with Crippen molar-refractivity contribution in [2.24, 2.45) is 0 Å². The van der Waals surface area contributed by atoms with Crippen LogP contribution >= 0.6 is 11.8 Å². The molecule has 0 aromatic heterocycles. The Hall–Kier alpha value is -0.870. The van der Waals surface area contributed by atoms with E-state index in [1.807, 2.05) is 30.0 Å². The number of nitrogens with zero attached hydrogens (tertiary/aromatic N) is 1. The van der Waals surface area contributed by atoms with Crippen LogP contribution in [0.25, 0.3) is 0 Å². The number of hydrogen-bond acceptors (Lipinski definition) is 4. The van der Waals surface area contributed by atoms with Gasteiger partial charge in [0.25, 0.3) is 0 Å². The third-order valence-electron chi connectivity index (χ3n) is 2.75. The van der Waals surface area contributed by atoms with E-state index in [9.17, 15) is 0 Å². The van der Waals surface area contributed by atoms with E-state index in [4.69, 9.17) is 10.5 Å². The highest BCUT2D eigenvalue weighted by Crippen LogP contribution is 2.30. The van der Waals surface area contributed by atoms with Crippen LogP contribution in [0.2, 0.25) is 0 Å². The largest absolute Gasteiger partial charge is 0.496 e. The quantitative estimate of drug-likeness (QED) is 0.600. The maximum absolute atomic E-state index is 5.73. The highest BCUT2D eigenvalue weighted by atomic mass is 32.2. The van der Waals surface area contributed by atoms with Crippen molar-refractivity contribution in [2.45, 2.75) is 18.7 Å². The Balaban J connectivity index is 2.51. The number of ether oxygens (including phenoxy) is 1. The van der Waals surface area contributed by atoms with Crippen molar-refractivity contribution >= 4 is 17.4 Å². The van der Waals surface area contributed by atoms with E-state index in [1.165, 1.54) is 0 Å². The molecule has 0 amide bonds. The third kappa shape index (κ3) is 4.48. The summed E-state index contributed by atoms with van der Waals surface area (Å²) >= 11 is 1.82. The van der Waals surface area contributed by atoms with Gasteiger partial charge in [0, 0.05) is 28.9 Å². The maximum atomic E-state index is 5.73. The number of nitrogens with two attached hydrogens (primary N) is 1. The van der Waals surface area contributed by atoms with Gasteiger partial charge in [0.1, 0.15) is 5.75 Å². The minimum atomic E-state index is 0.745. The minimum Gasteiger partial charge on any atom is -0.496 e. The number of benzene rings is 1. The fraction of sp³-hybridized carbons (Fsp3) is 0.538. The lowest BCUT2D eigenvalue weighted by Gasteiger charge is -2.17. The SMILES string of the molecule is CCN(CC)CCSc1ccc(N)cc1OC. The molecule has 0 unspecified atom stereocenters. The Labute approximate surface area is 108 Å². The van der Waals surface area contributed by atoms with Crippen LogP contribution in [-0.4, -0.2) is 37.4 Å². The summed E-state index contributed by atoms with van der Waals surface area (Å²) < 4.78 is 5.32. The molecule has 17 heavy (non-hydrogen) atoms. The van der Waals surface area contributed by atoms with E-state index in [-0.39, 0.29) is 0 Å². The third-order valence-corrected chi connectivity index (χ3v) is 3.78. The summed E-state index contributed by atoms with van der Waals surface area (Å²) in [7, 11) is 1.68. The molecule has 96 valence electrons. The van der Waals surface area contributed by atoms with Crippen molar-refractivity contribution in [1.82, 2.24) is 4.90 Å². The molecule has 0 aliphatic heterocycles. The molecule has 0 spiro atoms. The van der Waals surface area contributed by atoms with Crippen LogP contribution in [0.15, 0.2) is 23.1 Å². The molecule has 3 nitrogen and oxygen atoms in total. The lowest BCUT2D eigenvalue weighted by atomic mass is 10.3. The molecule has 0 fully saturated rings. The van der Waals surface area contributed by atoms with Gasteiger partial charge in [0.2, 0.25) is 0 Å². The fourth-order valence-electron chi connectivity index (χ4n) is 1.63. The average molecular weight is 254 g/mol. The summed E-state index contributed by atoms with van der Waals surface area (Å²) in [4.78, 5) is 3.57. The molecule has 0 saturated carbocycles. The smallest absolute Gasteiger partial charge is 0.134 e. The molecule has 1 rings (SSSR count). The van der Waals surface area contributed by atoms with Crippen molar-refractivity contribution < 1.29 is 4.74 Å². The first-order chi connectivity index (χ1) is 8.21. The van der Waals surface area contributed by atoms with Crippen LogP contribution in [0, 0.1) is 0 Å². The summed E-state index contributed by atoms with van der Waals surface area (Å²) in [6, 6.07) is 5.82. The summed E-state index contributed by atoms with van der Waals surface area (Å²) in [5.41, 5.74) is 6.47. The Bertz CT molecular complexity index is 340. The second-order valence-corrected chi connectivity index (χ2v) is 4.92. The van der Waals surface area contributed by atoms with E-state index < -0.39 is 0 Å². The molecular weight excluding hydrogens is 232 g/mol. The van der Waals surface area contributed by atoms with Crippen molar-refractivity contribution in [3.05, 3.63) is 18.2 Å². The van der Waals surface area contributed by atoms with Crippen LogP contribution in [0.3, 0.4) is 0 Å². The molecule has 2 N–H and O–H groups in total. The number of rotatable bonds is 7. The molecule has 1 aromatic carbocycles. The molecule has 1 aromatic rings. The van der Waals surface area contributed by atoms with Crippen molar-refractivity contribution in [3.8, 4) is 5.75 Å². The molecule has 0 aliphatic carbocycles. The van der Waals surface area contributed by atoms with Crippen LogP contribution < -0.4 is 10.5 Å². The van der Waals surface area contributed by atoms with E-state index in [0.717, 1.165) is 41.7 Å². The second kappa shape index (κ2) is 7.45. The summed E-state index contributed by atoms with van der Waals surface area (Å²) in [6.45, 7) is 7.70. The predicted molar refractivity (Wildman–Crippen MR) is 75.9 cm³/mol. The van der Waals surface area contributed by atoms with Gasteiger partial charge in [0.05, 0.1) is 7.11 Å². The zero-order chi connectivity index (χ0) is 12.7. The first kappa shape index (κ1) is 14.2. The van der Waals surface area contributed by atoms with Crippen LogP contribution in [0.4, 0.5) is 5.69 Å². The second-order valence-electron chi connectivity index (χ2n) is 3.79. The summed E-state index contributed by atoms with van der Waals surface area (Å²) in [6.07, 6.45) is 0. The molecule has 0 heterocycles. The van der Waals surface area contributed by atoms with Gasteiger partial charge in [-0.05, 0) is 25.2 Å². The van der Waals surface area contributed by atoms with Gasteiger partial charge in [-0.25, -0.2) is 0 Å². The van der Waals surface area contributed by atoms with Crippen molar-refractivity contribution in [3.63, 3.8) is 0 Å². The van der Waals surface area contributed by atoms with Crippen molar-refractivity contribution in [1.29, 1.82) is 0 Å². The van der Waals surface area contributed by atoms with Crippen molar-refractivity contribution in [2.75, 3.05) is 38.2 Å². The molecule has 4 heteroatoms. The van der Waals surface area contributed by atoms with Gasteiger partial charge in [-0.1, -0.05) is 13.8 Å². The Kier molecular flexibility index (Phi) is 6.22. The van der Waals surface area contributed by atoms with E-state index in [0.29, 0.717) is 0 Å². The number of anilines is 1. The zero-order valence-corrected chi connectivity index (χ0v) is 11.7. The standard InChI is InChI=1S/C13H22N2OS/c1-4-15(5-2)8-9-17-13-7-6-11(14)10-12(13)16-3/h6-7,10H,4-5,8-9,14H2,1-3H3. The topological polar surface area (TPSA) is 38.5 Å². The summed E-state index contributed by atoms with van der Waals surface area (Å²) in [5.74, 6) is 1.94. The first-order valence-corrected chi connectivity index (χ1v) is 6.98. The Morgan fingerprint density at radius 2 is 2.00 bits per heavy atom. The van der Waals surface area contributed by atoms with Crippen LogP contribution in [-0.2, 0) is 0 Å². The minimum absolute atomic E-state index is 0.745. The average Bonchev–Trinajstić information content (AvgIpc) is 2.36.